The van der Waals surface area contributed by atoms with E-state index in [9.17, 15) is 13.2 Å². The average Bonchev–Trinajstić information content (AvgIpc) is 2.88. The van der Waals surface area contributed by atoms with E-state index in [1.165, 1.54) is 4.31 Å². The number of hydrogen-bond donors (Lipinski definition) is 0. The second-order valence-electron chi connectivity index (χ2n) is 8.49. The summed E-state index contributed by atoms with van der Waals surface area (Å²) in [5.74, 6) is 0.719. The van der Waals surface area contributed by atoms with E-state index in [1.54, 1.807) is 49.6 Å². The van der Waals surface area contributed by atoms with Gasteiger partial charge in [0.1, 0.15) is 5.75 Å². The Morgan fingerprint density at radius 1 is 0.917 bits per heavy atom. The van der Waals surface area contributed by atoms with E-state index >= 15 is 0 Å². The van der Waals surface area contributed by atoms with Gasteiger partial charge in [-0.3, -0.25) is 9.10 Å². The number of hydrogen-bond acceptors (Lipinski definition) is 5. The minimum absolute atomic E-state index is 0.0159. The van der Waals surface area contributed by atoms with Gasteiger partial charge in [0.25, 0.3) is 5.91 Å². The van der Waals surface area contributed by atoms with Crippen molar-refractivity contribution in [2.75, 3.05) is 48.7 Å². The van der Waals surface area contributed by atoms with Gasteiger partial charge >= 0.3 is 0 Å². The fourth-order valence-corrected chi connectivity index (χ4v) is 5.53. The number of rotatable bonds is 7. The maximum absolute atomic E-state index is 13.1. The molecule has 1 heterocycles. The molecule has 7 nitrogen and oxygen atoms in total. The standard InChI is InChI=1S/C26H27Cl2N3O4S/c1-35-22-12-10-20(11-13-22)29-14-16-30(17-15-29)26(32)19-6-8-21(9-7-19)31(36(2,33)34)18-23-24(27)4-3-5-25(23)28/h3-13H,14-18H2,1-2H3. The minimum Gasteiger partial charge on any atom is -0.497 e. The van der Waals surface area contributed by atoms with Crippen molar-refractivity contribution >= 4 is 50.5 Å². The van der Waals surface area contributed by atoms with E-state index in [0.29, 0.717) is 39.9 Å². The molecule has 1 aliphatic rings. The molecule has 0 aliphatic carbocycles. The molecule has 1 saturated heterocycles. The van der Waals surface area contributed by atoms with Gasteiger partial charge in [-0.05, 0) is 60.7 Å². The smallest absolute Gasteiger partial charge is 0.253 e. The molecule has 0 N–H and O–H groups in total. The molecule has 0 bridgehead atoms. The van der Waals surface area contributed by atoms with Gasteiger partial charge in [0.2, 0.25) is 10.0 Å². The Hall–Kier alpha value is -2.94. The van der Waals surface area contributed by atoms with Crippen molar-refractivity contribution in [3.63, 3.8) is 0 Å². The normalized spacial score (nSPS) is 14.0. The molecule has 1 aliphatic heterocycles. The first kappa shape index (κ1) is 26.1. The van der Waals surface area contributed by atoms with Crippen LogP contribution in [0.5, 0.6) is 5.75 Å². The number of piperazine rings is 1. The number of carbonyl (C=O) groups is 1. The Bertz CT molecular complexity index is 1300. The Balaban J connectivity index is 1.44. The van der Waals surface area contributed by atoms with Crippen molar-refractivity contribution in [1.29, 1.82) is 0 Å². The molecule has 1 amide bonds. The highest BCUT2D eigenvalue weighted by molar-refractivity contribution is 7.92. The predicted octanol–water partition coefficient (Wildman–Crippen LogP) is 4.93. The van der Waals surface area contributed by atoms with Crippen LogP contribution < -0.4 is 13.9 Å². The zero-order valence-electron chi connectivity index (χ0n) is 20.0. The molecule has 0 atom stereocenters. The van der Waals surface area contributed by atoms with E-state index in [1.807, 2.05) is 29.2 Å². The first-order chi connectivity index (χ1) is 17.2. The molecular weight excluding hydrogens is 521 g/mol. The second kappa shape index (κ2) is 11.0. The Morgan fingerprint density at radius 2 is 1.50 bits per heavy atom. The molecular formula is C26H27Cl2N3O4S. The molecule has 0 spiro atoms. The summed E-state index contributed by atoms with van der Waals surface area (Å²) in [6.07, 6.45) is 1.12. The van der Waals surface area contributed by atoms with Gasteiger partial charge < -0.3 is 14.5 Å². The average molecular weight is 548 g/mol. The van der Waals surface area contributed by atoms with Crippen LogP contribution in [-0.4, -0.2) is 58.8 Å². The van der Waals surface area contributed by atoms with Crippen molar-refractivity contribution in [3.8, 4) is 5.75 Å². The number of methoxy groups -OCH3 is 1. The second-order valence-corrected chi connectivity index (χ2v) is 11.2. The molecule has 3 aromatic rings. The lowest BCUT2D eigenvalue weighted by Gasteiger charge is -2.36. The number of amides is 1. The highest BCUT2D eigenvalue weighted by Crippen LogP contribution is 2.29. The molecule has 3 aromatic carbocycles. The maximum atomic E-state index is 13.1. The number of anilines is 2. The maximum Gasteiger partial charge on any atom is 0.253 e. The molecule has 0 radical (unpaired) electrons. The van der Waals surface area contributed by atoms with Gasteiger partial charge in [-0.1, -0.05) is 29.3 Å². The van der Waals surface area contributed by atoms with Crippen LogP contribution in [0.3, 0.4) is 0 Å². The molecule has 190 valence electrons. The highest BCUT2D eigenvalue weighted by atomic mass is 35.5. The van der Waals surface area contributed by atoms with Crippen LogP contribution in [-0.2, 0) is 16.6 Å². The summed E-state index contributed by atoms with van der Waals surface area (Å²) in [7, 11) is -1.99. The van der Waals surface area contributed by atoms with Crippen LogP contribution in [0, 0.1) is 0 Å². The van der Waals surface area contributed by atoms with Gasteiger partial charge in [-0.25, -0.2) is 8.42 Å². The Kier molecular flexibility index (Phi) is 7.97. The summed E-state index contributed by atoms with van der Waals surface area (Å²) in [5, 5.41) is 0.772. The summed E-state index contributed by atoms with van der Waals surface area (Å²) in [6, 6.07) is 19.5. The minimum atomic E-state index is -3.63. The zero-order valence-corrected chi connectivity index (χ0v) is 22.4. The van der Waals surface area contributed by atoms with Crippen LogP contribution in [0.1, 0.15) is 15.9 Å². The molecule has 36 heavy (non-hydrogen) atoms. The van der Waals surface area contributed by atoms with Gasteiger partial charge in [0.15, 0.2) is 0 Å². The molecule has 10 heteroatoms. The van der Waals surface area contributed by atoms with Gasteiger partial charge in [0, 0.05) is 53.0 Å². The fraction of sp³-hybridized carbons (Fsp3) is 0.269. The van der Waals surface area contributed by atoms with E-state index in [-0.39, 0.29) is 12.5 Å². The Labute approximate surface area is 221 Å². The fourth-order valence-electron chi connectivity index (χ4n) is 4.14. The lowest BCUT2D eigenvalue weighted by molar-refractivity contribution is 0.0747. The van der Waals surface area contributed by atoms with Crippen LogP contribution >= 0.6 is 23.2 Å². The molecule has 0 saturated carbocycles. The van der Waals surface area contributed by atoms with Crippen LogP contribution in [0.25, 0.3) is 0 Å². The number of sulfonamides is 1. The van der Waals surface area contributed by atoms with E-state index in [2.05, 4.69) is 4.90 Å². The number of carbonyl (C=O) groups excluding carboxylic acids is 1. The summed E-state index contributed by atoms with van der Waals surface area (Å²) in [5.41, 5.74) is 2.53. The van der Waals surface area contributed by atoms with Gasteiger partial charge in [-0.15, -0.1) is 0 Å². The monoisotopic (exact) mass is 547 g/mol. The molecule has 0 aromatic heterocycles. The van der Waals surface area contributed by atoms with Crippen molar-refractivity contribution in [2.24, 2.45) is 0 Å². The highest BCUT2D eigenvalue weighted by Gasteiger charge is 2.24. The summed E-state index contributed by atoms with van der Waals surface area (Å²) in [4.78, 5) is 17.2. The number of ether oxygens (including phenoxy) is 1. The van der Waals surface area contributed by atoms with Crippen LogP contribution in [0.2, 0.25) is 10.0 Å². The van der Waals surface area contributed by atoms with Crippen molar-refractivity contribution < 1.29 is 17.9 Å². The number of benzene rings is 3. The summed E-state index contributed by atoms with van der Waals surface area (Å²) in [6.45, 7) is 2.60. The van der Waals surface area contributed by atoms with Crippen LogP contribution in [0.4, 0.5) is 11.4 Å². The lowest BCUT2D eigenvalue weighted by Crippen LogP contribution is -2.48. The first-order valence-corrected chi connectivity index (χ1v) is 14.0. The zero-order chi connectivity index (χ0) is 25.9. The van der Waals surface area contributed by atoms with Gasteiger partial charge in [0.05, 0.1) is 25.6 Å². The lowest BCUT2D eigenvalue weighted by atomic mass is 10.1. The van der Waals surface area contributed by atoms with Crippen molar-refractivity contribution in [3.05, 3.63) is 87.9 Å². The Morgan fingerprint density at radius 3 is 2.03 bits per heavy atom. The van der Waals surface area contributed by atoms with E-state index in [4.69, 9.17) is 27.9 Å². The molecule has 4 rings (SSSR count). The summed E-state index contributed by atoms with van der Waals surface area (Å²) < 4.78 is 31.6. The van der Waals surface area contributed by atoms with Crippen molar-refractivity contribution in [1.82, 2.24) is 4.90 Å². The third kappa shape index (κ3) is 5.88. The number of halogens is 2. The van der Waals surface area contributed by atoms with Crippen molar-refractivity contribution in [2.45, 2.75) is 6.54 Å². The third-order valence-electron chi connectivity index (χ3n) is 6.17. The largest absolute Gasteiger partial charge is 0.497 e. The predicted molar refractivity (Wildman–Crippen MR) is 145 cm³/mol. The third-order valence-corrected chi connectivity index (χ3v) is 8.02. The molecule has 0 unspecified atom stereocenters. The van der Waals surface area contributed by atoms with E-state index < -0.39 is 10.0 Å². The first-order valence-electron chi connectivity index (χ1n) is 11.4. The summed E-state index contributed by atoms with van der Waals surface area (Å²) >= 11 is 12.5. The van der Waals surface area contributed by atoms with Crippen LogP contribution in [0.15, 0.2) is 66.7 Å². The molecule has 1 fully saturated rings. The topological polar surface area (TPSA) is 70.2 Å². The SMILES string of the molecule is COc1ccc(N2CCN(C(=O)c3ccc(N(Cc4c(Cl)cccc4Cl)S(C)(=O)=O)cc3)CC2)cc1. The number of nitrogens with zero attached hydrogens (tertiary/aromatic N) is 3. The van der Waals surface area contributed by atoms with E-state index in [0.717, 1.165) is 30.8 Å². The quantitative estimate of drug-likeness (QED) is 0.419. The van der Waals surface area contributed by atoms with Gasteiger partial charge in [-0.2, -0.15) is 0 Å².